The zero-order valence-electron chi connectivity index (χ0n) is 14.3. The summed E-state index contributed by atoms with van der Waals surface area (Å²) in [5, 5.41) is 4.28. The number of nitrogens with zero attached hydrogens (tertiary/aromatic N) is 4. The van der Waals surface area contributed by atoms with Gasteiger partial charge in [-0.25, -0.2) is 9.48 Å². The van der Waals surface area contributed by atoms with Gasteiger partial charge in [0.15, 0.2) is 0 Å². The molecule has 0 bridgehead atoms. The van der Waals surface area contributed by atoms with Gasteiger partial charge < -0.3 is 4.90 Å². The topological polar surface area (TPSA) is 60.1 Å². The lowest BCUT2D eigenvalue weighted by atomic mass is 9.99. The molecular weight excluding hydrogens is 304 g/mol. The minimum atomic E-state index is -0.227. The molecule has 1 aliphatic rings. The summed E-state index contributed by atoms with van der Waals surface area (Å²) in [7, 11) is 0. The van der Waals surface area contributed by atoms with E-state index in [0.29, 0.717) is 18.3 Å². The molecule has 3 rings (SSSR count). The SMILES string of the molecule is Cc1nn(CC(=O)N2CCC(C)CC2)c(=O)n1Cc1ccccc1. The van der Waals surface area contributed by atoms with E-state index in [0.717, 1.165) is 31.5 Å². The molecule has 1 fully saturated rings. The Morgan fingerprint density at radius 2 is 1.88 bits per heavy atom. The van der Waals surface area contributed by atoms with Gasteiger partial charge in [0.2, 0.25) is 5.91 Å². The lowest BCUT2D eigenvalue weighted by Crippen LogP contribution is -2.41. The predicted octanol–water partition coefficient (Wildman–Crippen LogP) is 1.66. The molecule has 0 radical (unpaired) electrons. The van der Waals surface area contributed by atoms with Gasteiger partial charge in [0.05, 0.1) is 6.54 Å². The summed E-state index contributed by atoms with van der Waals surface area (Å²) in [6.45, 7) is 6.06. The van der Waals surface area contributed by atoms with Crippen LogP contribution in [0.4, 0.5) is 0 Å². The van der Waals surface area contributed by atoms with Gasteiger partial charge in [-0.3, -0.25) is 9.36 Å². The molecule has 0 saturated carbocycles. The standard InChI is InChI=1S/C18H24N4O2/c1-14-8-10-20(11-9-14)17(23)13-22-18(24)21(15(2)19-22)12-16-6-4-3-5-7-16/h3-7,14H,8-13H2,1-2H3. The summed E-state index contributed by atoms with van der Waals surface area (Å²) < 4.78 is 2.90. The molecule has 1 amide bonds. The zero-order valence-corrected chi connectivity index (χ0v) is 14.3. The molecule has 1 aromatic carbocycles. The first-order chi connectivity index (χ1) is 11.5. The Bertz CT molecular complexity index is 755. The van der Waals surface area contributed by atoms with E-state index >= 15 is 0 Å². The van der Waals surface area contributed by atoms with Crippen LogP contribution in [0.1, 0.15) is 31.2 Å². The van der Waals surface area contributed by atoms with Crippen molar-refractivity contribution in [3.8, 4) is 0 Å². The minimum absolute atomic E-state index is 0.0200. The van der Waals surface area contributed by atoms with Gasteiger partial charge >= 0.3 is 5.69 Å². The monoisotopic (exact) mass is 328 g/mol. The number of rotatable bonds is 4. The van der Waals surface area contributed by atoms with E-state index in [1.165, 1.54) is 4.68 Å². The van der Waals surface area contributed by atoms with Crippen molar-refractivity contribution in [2.24, 2.45) is 5.92 Å². The first kappa shape index (κ1) is 16.5. The van der Waals surface area contributed by atoms with Crippen molar-refractivity contribution in [1.29, 1.82) is 0 Å². The van der Waals surface area contributed by atoms with Crippen LogP contribution in [-0.2, 0) is 17.9 Å². The zero-order chi connectivity index (χ0) is 17.1. The number of likely N-dealkylation sites (tertiary alicyclic amines) is 1. The van der Waals surface area contributed by atoms with Gasteiger partial charge in [0.25, 0.3) is 0 Å². The van der Waals surface area contributed by atoms with E-state index in [9.17, 15) is 9.59 Å². The summed E-state index contributed by atoms with van der Waals surface area (Å²) in [5.74, 6) is 1.28. The fourth-order valence-electron chi connectivity index (χ4n) is 3.09. The molecule has 24 heavy (non-hydrogen) atoms. The number of amides is 1. The fourth-order valence-corrected chi connectivity index (χ4v) is 3.09. The molecule has 128 valence electrons. The Morgan fingerprint density at radius 1 is 1.21 bits per heavy atom. The second-order valence-electron chi connectivity index (χ2n) is 6.62. The second-order valence-corrected chi connectivity index (χ2v) is 6.62. The molecule has 0 aliphatic carbocycles. The van der Waals surface area contributed by atoms with Crippen molar-refractivity contribution in [2.75, 3.05) is 13.1 Å². The minimum Gasteiger partial charge on any atom is -0.341 e. The van der Waals surface area contributed by atoms with Crippen LogP contribution in [0.3, 0.4) is 0 Å². The van der Waals surface area contributed by atoms with E-state index in [2.05, 4.69) is 12.0 Å². The van der Waals surface area contributed by atoms with Crippen molar-refractivity contribution in [1.82, 2.24) is 19.2 Å². The molecule has 2 aromatic rings. The van der Waals surface area contributed by atoms with Gasteiger partial charge in [0.1, 0.15) is 12.4 Å². The quantitative estimate of drug-likeness (QED) is 0.857. The van der Waals surface area contributed by atoms with Crippen LogP contribution < -0.4 is 5.69 Å². The maximum Gasteiger partial charge on any atom is 0.346 e. The molecule has 6 nitrogen and oxygen atoms in total. The highest BCUT2D eigenvalue weighted by atomic mass is 16.2. The lowest BCUT2D eigenvalue weighted by molar-refractivity contribution is -0.133. The number of aryl methyl sites for hydroxylation is 1. The molecule has 6 heteroatoms. The Kier molecular flexibility index (Phi) is 4.83. The molecule has 2 heterocycles. The van der Waals surface area contributed by atoms with Crippen molar-refractivity contribution in [3.05, 3.63) is 52.2 Å². The Morgan fingerprint density at radius 3 is 2.54 bits per heavy atom. The molecule has 0 unspecified atom stereocenters. The van der Waals surface area contributed by atoms with Gasteiger partial charge in [-0.2, -0.15) is 5.10 Å². The van der Waals surface area contributed by atoms with Crippen LogP contribution in [0.5, 0.6) is 0 Å². The first-order valence-electron chi connectivity index (χ1n) is 8.50. The van der Waals surface area contributed by atoms with Crippen LogP contribution in [-0.4, -0.2) is 38.2 Å². The van der Waals surface area contributed by atoms with Gasteiger partial charge in [-0.15, -0.1) is 0 Å². The molecule has 0 N–H and O–H groups in total. The number of aromatic nitrogens is 3. The number of carbonyl (C=O) groups is 1. The number of benzene rings is 1. The summed E-state index contributed by atoms with van der Waals surface area (Å²) in [6, 6.07) is 9.79. The van der Waals surface area contributed by atoms with E-state index in [1.54, 1.807) is 11.5 Å². The lowest BCUT2D eigenvalue weighted by Gasteiger charge is -2.30. The van der Waals surface area contributed by atoms with Crippen molar-refractivity contribution < 1.29 is 4.79 Å². The summed E-state index contributed by atoms with van der Waals surface area (Å²) in [6.07, 6.45) is 2.06. The average Bonchev–Trinajstić information content (AvgIpc) is 2.84. The van der Waals surface area contributed by atoms with Crippen LogP contribution >= 0.6 is 0 Å². The summed E-state index contributed by atoms with van der Waals surface area (Å²) >= 11 is 0. The normalized spacial score (nSPS) is 15.7. The van der Waals surface area contributed by atoms with E-state index in [-0.39, 0.29) is 18.1 Å². The predicted molar refractivity (Wildman–Crippen MR) is 91.7 cm³/mol. The van der Waals surface area contributed by atoms with Crippen molar-refractivity contribution >= 4 is 5.91 Å². The highest BCUT2D eigenvalue weighted by Crippen LogP contribution is 2.16. The summed E-state index contributed by atoms with van der Waals surface area (Å²) in [4.78, 5) is 26.8. The summed E-state index contributed by atoms with van der Waals surface area (Å²) in [5.41, 5.74) is 0.814. The van der Waals surface area contributed by atoms with Crippen LogP contribution in [0.15, 0.2) is 35.1 Å². The third kappa shape index (κ3) is 3.58. The molecule has 1 saturated heterocycles. The van der Waals surface area contributed by atoms with Gasteiger partial charge in [-0.05, 0) is 31.2 Å². The van der Waals surface area contributed by atoms with Crippen molar-refractivity contribution in [2.45, 2.75) is 39.8 Å². The van der Waals surface area contributed by atoms with Crippen LogP contribution in [0, 0.1) is 12.8 Å². The Hall–Kier alpha value is -2.37. The number of hydrogen-bond acceptors (Lipinski definition) is 3. The molecular formula is C18H24N4O2. The highest BCUT2D eigenvalue weighted by Gasteiger charge is 2.22. The van der Waals surface area contributed by atoms with Gasteiger partial charge in [-0.1, -0.05) is 37.3 Å². The van der Waals surface area contributed by atoms with E-state index < -0.39 is 0 Å². The largest absolute Gasteiger partial charge is 0.346 e. The van der Waals surface area contributed by atoms with E-state index in [4.69, 9.17) is 0 Å². The Labute approximate surface area is 141 Å². The van der Waals surface area contributed by atoms with E-state index in [1.807, 2.05) is 35.2 Å². The molecule has 0 spiro atoms. The average molecular weight is 328 g/mol. The number of carbonyl (C=O) groups excluding carboxylic acids is 1. The molecule has 1 aromatic heterocycles. The second kappa shape index (κ2) is 7.03. The van der Waals surface area contributed by atoms with Crippen LogP contribution in [0.2, 0.25) is 0 Å². The highest BCUT2D eigenvalue weighted by molar-refractivity contribution is 5.75. The smallest absolute Gasteiger partial charge is 0.341 e. The first-order valence-corrected chi connectivity index (χ1v) is 8.50. The molecule has 1 aliphatic heterocycles. The number of piperidine rings is 1. The van der Waals surface area contributed by atoms with Crippen LogP contribution in [0.25, 0.3) is 0 Å². The third-order valence-electron chi connectivity index (χ3n) is 4.71. The number of hydrogen-bond donors (Lipinski definition) is 0. The Balaban J connectivity index is 1.72. The maximum absolute atomic E-state index is 12.6. The third-order valence-corrected chi connectivity index (χ3v) is 4.71. The molecule has 0 atom stereocenters. The fraction of sp³-hybridized carbons (Fsp3) is 0.500. The maximum atomic E-state index is 12.6. The van der Waals surface area contributed by atoms with Gasteiger partial charge in [0, 0.05) is 13.1 Å². The van der Waals surface area contributed by atoms with Crippen molar-refractivity contribution in [3.63, 3.8) is 0 Å².